The first-order valence-corrected chi connectivity index (χ1v) is 5.47. The summed E-state index contributed by atoms with van der Waals surface area (Å²) in [5, 5.41) is 21.4. The van der Waals surface area contributed by atoms with Gasteiger partial charge in [0.1, 0.15) is 4.47 Å². The van der Waals surface area contributed by atoms with Crippen molar-refractivity contribution < 1.29 is 19.4 Å². The third kappa shape index (κ3) is 2.80. The molecule has 0 aromatic heterocycles. The van der Waals surface area contributed by atoms with Crippen LogP contribution in [0.3, 0.4) is 0 Å². The van der Waals surface area contributed by atoms with Crippen LogP contribution in [-0.2, 0) is 4.74 Å². The van der Waals surface area contributed by atoms with Crippen molar-refractivity contribution in [3.63, 3.8) is 0 Å². The smallest absolute Gasteiger partial charge is 0.339 e. The molecule has 0 N–H and O–H groups in total. The zero-order valence-corrected chi connectivity index (χ0v) is 10.7. The number of halogens is 1. The summed E-state index contributed by atoms with van der Waals surface area (Å²) in [6.07, 6.45) is 0. The lowest BCUT2D eigenvalue weighted by Crippen LogP contribution is -2.07. The molecule has 0 aliphatic carbocycles. The number of ether oxygens (including phenoxy) is 1. The highest BCUT2D eigenvalue weighted by Crippen LogP contribution is 2.33. The van der Waals surface area contributed by atoms with Gasteiger partial charge in [-0.3, -0.25) is 20.2 Å². The Morgan fingerprint density at radius 2 is 1.94 bits per heavy atom. The van der Waals surface area contributed by atoms with E-state index in [0.29, 0.717) is 0 Å². The molecule has 0 atom stereocenters. The van der Waals surface area contributed by atoms with Crippen molar-refractivity contribution in [3.05, 3.63) is 42.4 Å². The molecular formula is C9H7BrN2O6. The molecule has 0 spiro atoms. The van der Waals surface area contributed by atoms with Crippen LogP contribution in [0.5, 0.6) is 0 Å². The summed E-state index contributed by atoms with van der Waals surface area (Å²) in [4.78, 5) is 31.2. The average Bonchev–Trinajstić information content (AvgIpc) is 2.28. The summed E-state index contributed by atoms with van der Waals surface area (Å²) < 4.78 is 4.52. The number of hydrogen-bond donors (Lipinski definition) is 0. The summed E-state index contributed by atoms with van der Waals surface area (Å²) in [6.45, 7) is 1.61. The van der Waals surface area contributed by atoms with Crippen molar-refractivity contribution in [3.8, 4) is 0 Å². The fourth-order valence-electron chi connectivity index (χ4n) is 1.19. The first-order valence-electron chi connectivity index (χ1n) is 4.68. The van der Waals surface area contributed by atoms with Gasteiger partial charge in [0.2, 0.25) is 0 Å². The molecule has 0 saturated carbocycles. The van der Waals surface area contributed by atoms with Gasteiger partial charge < -0.3 is 4.74 Å². The van der Waals surface area contributed by atoms with Gasteiger partial charge in [0.05, 0.1) is 28.1 Å². The highest BCUT2D eigenvalue weighted by Gasteiger charge is 2.26. The Kier molecular flexibility index (Phi) is 4.32. The Labute approximate surface area is 109 Å². The summed E-state index contributed by atoms with van der Waals surface area (Å²) in [5.41, 5.74) is -1.36. The fraction of sp³-hybridized carbons (Fsp3) is 0.222. The average molecular weight is 319 g/mol. The molecule has 0 unspecified atom stereocenters. The molecule has 0 saturated heterocycles. The Morgan fingerprint density at radius 1 is 1.33 bits per heavy atom. The first kappa shape index (κ1) is 14.0. The van der Waals surface area contributed by atoms with Crippen LogP contribution < -0.4 is 0 Å². The third-order valence-corrected chi connectivity index (χ3v) is 2.77. The van der Waals surface area contributed by atoms with Gasteiger partial charge in [0.25, 0.3) is 11.4 Å². The van der Waals surface area contributed by atoms with Gasteiger partial charge in [-0.1, -0.05) is 0 Å². The predicted octanol–water partition coefficient (Wildman–Crippen LogP) is 2.44. The van der Waals surface area contributed by atoms with Crippen molar-refractivity contribution in [1.29, 1.82) is 0 Å². The minimum absolute atomic E-state index is 0.0573. The maximum absolute atomic E-state index is 11.5. The van der Waals surface area contributed by atoms with Crippen molar-refractivity contribution >= 4 is 33.3 Å². The number of carbonyl (C=O) groups is 1. The molecule has 0 aliphatic heterocycles. The van der Waals surface area contributed by atoms with Crippen LogP contribution in [0.15, 0.2) is 16.6 Å². The van der Waals surface area contributed by atoms with E-state index >= 15 is 0 Å². The van der Waals surface area contributed by atoms with E-state index < -0.39 is 27.2 Å². The van der Waals surface area contributed by atoms with E-state index in [1.54, 1.807) is 6.92 Å². The number of hydrogen-bond acceptors (Lipinski definition) is 6. The van der Waals surface area contributed by atoms with Gasteiger partial charge in [-0.15, -0.1) is 0 Å². The van der Waals surface area contributed by atoms with Crippen LogP contribution >= 0.6 is 15.9 Å². The second kappa shape index (κ2) is 5.54. The molecule has 18 heavy (non-hydrogen) atoms. The number of benzene rings is 1. The highest BCUT2D eigenvalue weighted by atomic mass is 79.9. The number of nitrogens with zero attached hydrogens (tertiary/aromatic N) is 2. The summed E-state index contributed by atoms with van der Waals surface area (Å²) >= 11 is 2.87. The van der Waals surface area contributed by atoms with Gasteiger partial charge in [-0.2, -0.15) is 0 Å². The number of non-ortho nitro benzene ring substituents is 1. The molecule has 8 nitrogen and oxygen atoms in total. The van der Waals surface area contributed by atoms with Crippen molar-refractivity contribution in [2.75, 3.05) is 6.61 Å². The van der Waals surface area contributed by atoms with E-state index in [4.69, 9.17) is 0 Å². The SMILES string of the molecule is CCOC(=O)c1cc([N+](=O)[O-])cc([N+](=O)[O-])c1Br. The Hall–Kier alpha value is -2.03. The Balaban J connectivity index is 3.45. The van der Waals surface area contributed by atoms with Crippen molar-refractivity contribution in [1.82, 2.24) is 0 Å². The Bertz CT molecular complexity index is 530. The van der Waals surface area contributed by atoms with Gasteiger partial charge in [-0.25, -0.2) is 4.79 Å². The largest absolute Gasteiger partial charge is 0.462 e. The zero-order chi connectivity index (χ0) is 13.9. The summed E-state index contributed by atoms with van der Waals surface area (Å²) in [5.74, 6) is -0.865. The quantitative estimate of drug-likeness (QED) is 0.478. The predicted molar refractivity (Wildman–Crippen MR) is 63.4 cm³/mol. The molecule has 0 amide bonds. The van der Waals surface area contributed by atoms with E-state index in [0.717, 1.165) is 12.1 Å². The molecular weight excluding hydrogens is 312 g/mol. The maximum atomic E-state index is 11.5. The number of nitro groups is 2. The van der Waals surface area contributed by atoms with Crippen LogP contribution in [0.25, 0.3) is 0 Å². The Morgan fingerprint density at radius 3 is 2.39 bits per heavy atom. The van der Waals surface area contributed by atoms with Crippen LogP contribution in [0.4, 0.5) is 11.4 Å². The molecule has 0 fully saturated rings. The van der Waals surface area contributed by atoms with Crippen molar-refractivity contribution in [2.45, 2.75) is 6.92 Å². The number of rotatable bonds is 4. The van der Waals surface area contributed by atoms with E-state index in [1.165, 1.54) is 0 Å². The topological polar surface area (TPSA) is 113 Å². The van der Waals surface area contributed by atoms with Crippen LogP contribution in [-0.4, -0.2) is 22.4 Å². The number of carbonyl (C=O) groups excluding carboxylic acids is 1. The zero-order valence-electron chi connectivity index (χ0n) is 9.08. The third-order valence-electron chi connectivity index (χ3n) is 1.94. The highest BCUT2D eigenvalue weighted by molar-refractivity contribution is 9.10. The van der Waals surface area contributed by atoms with Crippen molar-refractivity contribution in [2.24, 2.45) is 0 Å². The van der Waals surface area contributed by atoms with E-state index in [-0.39, 0.29) is 16.6 Å². The lowest BCUT2D eigenvalue weighted by molar-refractivity contribution is -0.394. The number of esters is 1. The van der Waals surface area contributed by atoms with E-state index in [1.807, 2.05) is 0 Å². The van der Waals surface area contributed by atoms with Crippen LogP contribution in [0.1, 0.15) is 17.3 Å². The molecule has 0 aliphatic rings. The maximum Gasteiger partial charge on any atom is 0.339 e. The fourth-order valence-corrected chi connectivity index (χ4v) is 1.73. The summed E-state index contributed by atoms with van der Waals surface area (Å²) in [7, 11) is 0. The number of nitro benzene ring substituents is 2. The van der Waals surface area contributed by atoms with E-state index in [2.05, 4.69) is 20.7 Å². The van der Waals surface area contributed by atoms with Gasteiger partial charge in [0, 0.05) is 6.07 Å². The second-order valence-electron chi connectivity index (χ2n) is 3.06. The molecule has 1 rings (SSSR count). The normalized spacial score (nSPS) is 9.89. The molecule has 0 bridgehead atoms. The molecule has 1 aromatic carbocycles. The minimum atomic E-state index is -0.865. The van der Waals surface area contributed by atoms with Gasteiger partial charge >= 0.3 is 5.97 Å². The molecule has 0 heterocycles. The molecule has 0 radical (unpaired) electrons. The molecule has 96 valence electrons. The van der Waals surface area contributed by atoms with Crippen LogP contribution in [0.2, 0.25) is 0 Å². The van der Waals surface area contributed by atoms with Crippen LogP contribution in [0, 0.1) is 20.2 Å². The lowest BCUT2D eigenvalue weighted by atomic mass is 10.2. The molecule has 1 aromatic rings. The van der Waals surface area contributed by atoms with Gasteiger partial charge in [-0.05, 0) is 22.9 Å². The minimum Gasteiger partial charge on any atom is -0.462 e. The second-order valence-corrected chi connectivity index (χ2v) is 3.85. The standard InChI is InChI=1S/C9H7BrN2O6/c1-2-18-9(13)6-3-5(11(14)15)4-7(8(6)10)12(16)17/h3-4H,2H2,1H3. The summed E-state index contributed by atoms with van der Waals surface area (Å²) in [6, 6.07) is 1.70. The first-order chi connectivity index (χ1) is 8.38. The lowest BCUT2D eigenvalue weighted by Gasteiger charge is -2.04. The molecule has 9 heteroatoms. The van der Waals surface area contributed by atoms with Gasteiger partial charge in [0.15, 0.2) is 0 Å². The monoisotopic (exact) mass is 318 g/mol. The van der Waals surface area contributed by atoms with E-state index in [9.17, 15) is 25.0 Å².